The molecular weight excluding hydrogens is 492 g/mol. The second-order valence-electron chi connectivity index (χ2n) is 10.6. The number of pyridine rings is 1. The number of nitriles is 2. The van der Waals surface area contributed by atoms with Crippen LogP contribution in [0.3, 0.4) is 0 Å². The largest absolute Gasteiger partial charge is 0.361 e. The molecule has 3 aromatic heterocycles. The van der Waals surface area contributed by atoms with E-state index in [1.807, 2.05) is 39.9 Å². The smallest absolute Gasteiger partial charge is 0.213 e. The lowest BCUT2D eigenvalue weighted by atomic mass is 9.89. The molecule has 4 heterocycles. The van der Waals surface area contributed by atoms with Crippen LogP contribution in [0.25, 0.3) is 22.2 Å². The van der Waals surface area contributed by atoms with Gasteiger partial charge in [-0.15, -0.1) is 0 Å². The summed E-state index contributed by atoms with van der Waals surface area (Å²) >= 11 is 0. The highest BCUT2D eigenvalue weighted by Gasteiger charge is 2.48. The van der Waals surface area contributed by atoms with E-state index >= 15 is 0 Å². The molecule has 190 valence electrons. The van der Waals surface area contributed by atoms with Crippen molar-refractivity contribution < 1.29 is 13.2 Å². The van der Waals surface area contributed by atoms with Crippen LogP contribution in [0.4, 0.5) is 0 Å². The van der Waals surface area contributed by atoms with Crippen molar-refractivity contribution in [2.75, 3.05) is 25.4 Å². The van der Waals surface area contributed by atoms with Gasteiger partial charge in [-0.05, 0) is 25.1 Å². The predicted octanol–water partition coefficient (Wildman–Crippen LogP) is 3.96. The van der Waals surface area contributed by atoms with Crippen molar-refractivity contribution in [1.29, 1.82) is 10.5 Å². The first-order valence-electron chi connectivity index (χ1n) is 12.0. The maximum atomic E-state index is 12.3. The second kappa shape index (κ2) is 9.83. The van der Waals surface area contributed by atoms with Gasteiger partial charge in [0.2, 0.25) is 10.0 Å². The number of hydrogen-bond donors (Lipinski definition) is 0. The van der Waals surface area contributed by atoms with Crippen molar-refractivity contribution >= 4 is 29.1 Å². The minimum absolute atomic E-state index is 0.0337. The van der Waals surface area contributed by atoms with Gasteiger partial charge in [-0.1, -0.05) is 19.6 Å². The number of rotatable bonds is 10. The molecule has 1 aliphatic rings. The quantitative estimate of drug-likeness (QED) is 0.293. The Morgan fingerprint density at radius 1 is 1.19 bits per heavy atom. The summed E-state index contributed by atoms with van der Waals surface area (Å²) in [6.45, 7) is 10.2. The van der Waals surface area contributed by atoms with Gasteiger partial charge in [0.25, 0.3) is 0 Å². The Morgan fingerprint density at radius 2 is 1.94 bits per heavy atom. The number of sulfonamides is 1. The van der Waals surface area contributed by atoms with Crippen LogP contribution in [-0.4, -0.2) is 60.4 Å². The van der Waals surface area contributed by atoms with Crippen molar-refractivity contribution in [3.8, 4) is 23.3 Å². The van der Waals surface area contributed by atoms with Crippen LogP contribution >= 0.6 is 0 Å². The zero-order valence-corrected chi connectivity index (χ0v) is 23.0. The van der Waals surface area contributed by atoms with Gasteiger partial charge in [0.1, 0.15) is 18.4 Å². The summed E-state index contributed by atoms with van der Waals surface area (Å²) in [4.78, 5) is 4.53. The van der Waals surface area contributed by atoms with E-state index in [4.69, 9.17) is 4.74 Å². The molecule has 0 bridgehead atoms. The summed E-state index contributed by atoms with van der Waals surface area (Å²) in [5, 5.41) is 20.1. The minimum atomic E-state index is -3.31. The third kappa shape index (κ3) is 4.97. The average Bonchev–Trinajstić information content (AvgIpc) is 3.45. The third-order valence-electron chi connectivity index (χ3n) is 6.77. The van der Waals surface area contributed by atoms with Gasteiger partial charge in [-0.2, -0.15) is 14.8 Å². The predicted molar refractivity (Wildman–Crippen MR) is 141 cm³/mol. The third-order valence-corrected chi connectivity index (χ3v) is 10.3. The topological polar surface area (TPSA) is 117 Å². The molecule has 11 heteroatoms. The van der Waals surface area contributed by atoms with Crippen molar-refractivity contribution in [2.45, 2.75) is 51.3 Å². The van der Waals surface area contributed by atoms with Crippen molar-refractivity contribution in [3.63, 3.8) is 0 Å². The molecule has 1 aliphatic heterocycles. The van der Waals surface area contributed by atoms with E-state index in [0.717, 1.165) is 28.2 Å². The maximum Gasteiger partial charge on any atom is 0.213 e. The fourth-order valence-corrected chi connectivity index (χ4v) is 6.52. The lowest BCUT2D eigenvalue weighted by Crippen LogP contribution is -2.63. The van der Waals surface area contributed by atoms with Crippen molar-refractivity contribution in [3.05, 3.63) is 42.5 Å². The van der Waals surface area contributed by atoms with Gasteiger partial charge < -0.3 is 13.9 Å². The van der Waals surface area contributed by atoms with Crippen LogP contribution in [0.15, 0.2) is 36.9 Å². The van der Waals surface area contributed by atoms with Gasteiger partial charge in [0.15, 0.2) is 0 Å². The monoisotopic (exact) mass is 524 g/mol. The summed E-state index contributed by atoms with van der Waals surface area (Å²) in [5.74, 6) is 0.0337. The van der Waals surface area contributed by atoms with Gasteiger partial charge in [0, 0.05) is 69.1 Å². The second-order valence-corrected chi connectivity index (χ2v) is 18.4. The maximum absolute atomic E-state index is 12.3. The van der Waals surface area contributed by atoms with E-state index in [9.17, 15) is 18.9 Å². The molecular formula is C25H32N6O3SSi. The molecule has 0 aromatic carbocycles. The lowest BCUT2D eigenvalue weighted by molar-refractivity contribution is 0.0851. The molecule has 0 radical (unpaired) electrons. The Balaban J connectivity index is 1.64. The fraction of sp³-hybridized carbons (Fsp3) is 0.480. The molecule has 0 atom stereocenters. The van der Waals surface area contributed by atoms with E-state index in [1.165, 1.54) is 4.31 Å². The van der Waals surface area contributed by atoms with Crippen molar-refractivity contribution in [2.24, 2.45) is 0 Å². The van der Waals surface area contributed by atoms with Crippen LogP contribution in [-0.2, 0) is 27.0 Å². The lowest BCUT2D eigenvalue weighted by Gasteiger charge is -2.48. The van der Waals surface area contributed by atoms with E-state index in [2.05, 4.69) is 36.8 Å². The minimum Gasteiger partial charge on any atom is -0.361 e. The van der Waals surface area contributed by atoms with Crippen LogP contribution in [0, 0.1) is 22.7 Å². The Labute approximate surface area is 213 Å². The molecule has 0 saturated carbocycles. The Morgan fingerprint density at radius 3 is 2.58 bits per heavy atom. The first-order valence-corrected chi connectivity index (χ1v) is 17.3. The Bertz CT molecular complexity index is 1450. The SMILES string of the molecule is CCS(=O)(=O)N1CC(CC#N)(n2ccc(-c3c(C#N)cnc4c3ccn4COCC[Si](C)(C)C)c2)C1. The zero-order valence-electron chi connectivity index (χ0n) is 21.2. The highest BCUT2D eigenvalue weighted by Crippen LogP contribution is 2.38. The number of fused-ring (bicyclic) bond motifs is 1. The molecule has 0 unspecified atom stereocenters. The first kappa shape index (κ1) is 26.1. The summed E-state index contributed by atoms with van der Waals surface area (Å²) in [5.41, 5.74) is 2.16. The van der Waals surface area contributed by atoms with Gasteiger partial charge in [-0.25, -0.2) is 13.4 Å². The number of ether oxygens (including phenoxy) is 1. The molecule has 0 N–H and O–H groups in total. The number of nitrogens with zero attached hydrogens (tertiary/aromatic N) is 6. The van der Waals surface area contributed by atoms with Crippen LogP contribution in [0.2, 0.25) is 25.7 Å². The Hall–Kier alpha value is -2.96. The van der Waals surface area contributed by atoms with Crippen LogP contribution in [0.1, 0.15) is 18.9 Å². The summed E-state index contributed by atoms with van der Waals surface area (Å²) in [7, 11) is -4.49. The summed E-state index contributed by atoms with van der Waals surface area (Å²) < 4.78 is 35.8. The van der Waals surface area contributed by atoms with Gasteiger partial charge >= 0.3 is 0 Å². The number of hydrogen-bond acceptors (Lipinski definition) is 6. The Kier molecular flexibility index (Phi) is 7.13. The molecule has 1 fully saturated rings. The summed E-state index contributed by atoms with van der Waals surface area (Å²) in [6, 6.07) is 9.41. The molecule has 0 spiro atoms. The molecule has 3 aromatic rings. The summed E-state index contributed by atoms with van der Waals surface area (Å²) in [6.07, 6.45) is 7.47. The highest BCUT2D eigenvalue weighted by atomic mass is 32.2. The molecule has 4 rings (SSSR count). The molecule has 1 saturated heterocycles. The van der Waals surface area contributed by atoms with Crippen LogP contribution in [0.5, 0.6) is 0 Å². The molecule has 0 aliphatic carbocycles. The number of aromatic nitrogens is 3. The highest BCUT2D eigenvalue weighted by molar-refractivity contribution is 7.89. The van der Waals surface area contributed by atoms with Crippen molar-refractivity contribution in [1.82, 2.24) is 18.4 Å². The van der Waals surface area contributed by atoms with Gasteiger partial charge in [0.05, 0.1) is 29.3 Å². The molecule has 0 amide bonds. The van der Waals surface area contributed by atoms with E-state index in [-0.39, 0.29) is 25.3 Å². The zero-order chi connectivity index (χ0) is 26.1. The van der Waals surface area contributed by atoms with Gasteiger partial charge in [-0.3, -0.25) is 0 Å². The van der Waals surface area contributed by atoms with E-state index in [1.54, 1.807) is 13.1 Å². The standard InChI is InChI=1S/C25H32N6O3SSi/c1-5-35(32,33)31-17-25(18-31,8-9-26)30-11-6-20(16-30)23-21(14-27)15-28-24-22(23)7-10-29(24)19-34-12-13-36(2,3)4/h6-7,10-11,15-16H,5,8,12-13,17-19H2,1-4H3. The molecule has 36 heavy (non-hydrogen) atoms. The first-order chi connectivity index (χ1) is 17.0. The molecule has 9 nitrogen and oxygen atoms in total. The fourth-order valence-electron chi connectivity index (χ4n) is 4.52. The van der Waals surface area contributed by atoms with Crippen LogP contribution < -0.4 is 0 Å². The van der Waals surface area contributed by atoms with E-state index in [0.29, 0.717) is 18.9 Å². The van der Waals surface area contributed by atoms with E-state index < -0.39 is 23.6 Å². The average molecular weight is 525 g/mol. The normalized spacial score (nSPS) is 15.9.